The van der Waals surface area contributed by atoms with Gasteiger partial charge in [-0.25, -0.2) is 0 Å². The monoisotopic (exact) mass is 588 g/mol. The Balaban J connectivity index is 1.32. The number of cyclic esters (lactones) is 1. The van der Waals surface area contributed by atoms with Gasteiger partial charge in [-0.1, -0.05) is 0 Å². The van der Waals surface area contributed by atoms with Crippen molar-refractivity contribution in [2.75, 3.05) is 34.2 Å². The first-order chi connectivity index (χ1) is 20.3. The summed E-state index contributed by atoms with van der Waals surface area (Å²) >= 11 is 0. The molecule has 10 atom stereocenters. The first kappa shape index (κ1) is 27.5. The van der Waals surface area contributed by atoms with Gasteiger partial charge >= 0.3 is 5.97 Å². The number of fused-ring (bicyclic) bond motifs is 4. The molecule has 3 unspecified atom stereocenters. The second-order valence-electron chi connectivity index (χ2n) is 11.0. The molecular weight excluding hydrogens is 556 g/mol. The highest BCUT2D eigenvalue weighted by Crippen LogP contribution is 2.57. The third kappa shape index (κ3) is 4.26. The minimum Gasteiger partial charge on any atom is -0.502 e. The number of phenols is 1. The van der Waals surface area contributed by atoms with Crippen LogP contribution in [0.1, 0.15) is 35.6 Å². The third-order valence-corrected chi connectivity index (χ3v) is 8.75. The van der Waals surface area contributed by atoms with Crippen LogP contribution in [0.3, 0.4) is 0 Å². The van der Waals surface area contributed by atoms with Crippen LogP contribution in [0.5, 0.6) is 28.7 Å². The molecule has 4 heterocycles. The molecule has 0 bridgehead atoms. The third-order valence-electron chi connectivity index (χ3n) is 8.75. The van der Waals surface area contributed by atoms with Crippen LogP contribution in [0.15, 0.2) is 24.3 Å². The molecule has 226 valence electrons. The lowest BCUT2D eigenvalue weighted by atomic mass is 9.66. The van der Waals surface area contributed by atoms with Gasteiger partial charge in [-0.3, -0.25) is 4.79 Å². The number of carbonyl (C=O) groups excluding carboxylic acids is 1. The number of aliphatic hydroxyl groups is 2. The van der Waals surface area contributed by atoms with Crippen LogP contribution < -0.4 is 18.9 Å². The van der Waals surface area contributed by atoms with E-state index in [0.29, 0.717) is 28.2 Å². The molecule has 3 N–H and O–H groups in total. The fourth-order valence-electron chi connectivity index (χ4n) is 6.74. The van der Waals surface area contributed by atoms with Crippen LogP contribution in [0.4, 0.5) is 0 Å². The molecule has 0 aromatic heterocycles. The minimum absolute atomic E-state index is 0.0301. The average molecular weight is 589 g/mol. The molecule has 2 aromatic rings. The maximum atomic E-state index is 13.4. The summed E-state index contributed by atoms with van der Waals surface area (Å²) in [4.78, 5) is 13.4. The first-order valence-corrected chi connectivity index (χ1v) is 13.8. The van der Waals surface area contributed by atoms with Crippen molar-refractivity contribution in [1.29, 1.82) is 0 Å². The number of aliphatic hydroxyl groups excluding tert-OH is 2. The van der Waals surface area contributed by atoms with Gasteiger partial charge in [0.15, 0.2) is 35.6 Å². The van der Waals surface area contributed by atoms with Crippen molar-refractivity contribution in [2.45, 2.75) is 55.9 Å². The zero-order valence-electron chi connectivity index (χ0n) is 23.1. The molecule has 3 fully saturated rings. The van der Waals surface area contributed by atoms with E-state index in [1.54, 1.807) is 31.2 Å². The molecule has 0 saturated carbocycles. The van der Waals surface area contributed by atoms with Gasteiger partial charge < -0.3 is 58.0 Å². The van der Waals surface area contributed by atoms with Crippen LogP contribution in [0, 0.1) is 11.8 Å². The summed E-state index contributed by atoms with van der Waals surface area (Å²) in [6.07, 6.45) is -6.80. The standard InChI is InChI=1S/C29H32O13/c1-11-36-9-20-27(40-11)24(31)25(32)29(41-20)42-26-14-7-17-16(38-10-39-17)6-13(14)21(22-15(26)8-37-28(22)33)12-4-18(34-2)23(30)19(5-12)35-3/h4-7,11,15,20-22,24-27,29-32H,8-10H2,1-3H3/t11?,15-,20+,21?,22-,24+,25?,26+,27+,29-/m0/s1. The van der Waals surface area contributed by atoms with Gasteiger partial charge in [0.05, 0.1) is 39.5 Å². The zero-order valence-corrected chi connectivity index (χ0v) is 23.1. The van der Waals surface area contributed by atoms with Crippen molar-refractivity contribution < 1.29 is 62.7 Å². The van der Waals surface area contributed by atoms with E-state index in [2.05, 4.69) is 0 Å². The highest BCUT2D eigenvalue weighted by Gasteiger charge is 2.56. The van der Waals surface area contributed by atoms with Gasteiger partial charge in [-0.2, -0.15) is 0 Å². The number of methoxy groups -OCH3 is 2. The van der Waals surface area contributed by atoms with E-state index in [0.717, 1.165) is 0 Å². The molecule has 0 radical (unpaired) electrons. The van der Waals surface area contributed by atoms with Crippen molar-refractivity contribution in [1.82, 2.24) is 0 Å². The Hall–Kier alpha value is -3.33. The Kier molecular flexibility index (Phi) is 6.83. The summed E-state index contributed by atoms with van der Waals surface area (Å²) in [7, 11) is 2.86. The van der Waals surface area contributed by atoms with Crippen LogP contribution in [0.2, 0.25) is 0 Å². The molecule has 5 aliphatic rings. The average Bonchev–Trinajstić information content (AvgIpc) is 3.61. The number of esters is 1. The number of phenolic OH excluding ortho intramolecular Hbond substituents is 1. The number of hydrogen-bond acceptors (Lipinski definition) is 13. The fourth-order valence-corrected chi connectivity index (χ4v) is 6.74. The number of hydrogen-bond donors (Lipinski definition) is 3. The maximum absolute atomic E-state index is 13.4. The Morgan fingerprint density at radius 2 is 1.57 bits per heavy atom. The molecule has 13 heteroatoms. The number of rotatable bonds is 5. The van der Waals surface area contributed by atoms with E-state index in [1.807, 2.05) is 0 Å². The molecule has 7 rings (SSSR count). The molecular formula is C29H32O13. The number of aromatic hydroxyl groups is 1. The quantitative estimate of drug-likeness (QED) is 0.430. The van der Waals surface area contributed by atoms with Crippen LogP contribution in [-0.2, 0) is 28.5 Å². The number of benzene rings is 2. The molecule has 4 aliphatic heterocycles. The van der Waals surface area contributed by atoms with Crippen molar-refractivity contribution in [3.05, 3.63) is 41.0 Å². The van der Waals surface area contributed by atoms with Gasteiger partial charge in [0, 0.05) is 11.8 Å². The van der Waals surface area contributed by atoms with Crippen molar-refractivity contribution in [2.24, 2.45) is 11.8 Å². The van der Waals surface area contributed by atoms with Crippen molar-refractivity contribution >= 4 is 5.97 Å². The Morgan fingerprint density at radius 1 is 0.881 bits per heavy atom. The lowest BCUT2D eigenvalue weighted by Gasteiger charge is -2.47. The van der Waals surface area contributed by atoms with E-state index < -0.39 is 66.8 Å². The molecule has 3 saturated heterocycles. The van der Waals surface area contributed by atoms with Crippen LogP contribution in [0.25, 0.3) is 0 Å². The van der Waals surface area contributed by atoms with E-state index in [9.17, 15) is 20.1 Å². The van der Waals surface area contributed by atoms with E-state index >= 15 is 0 Å². The summed E-state index contributed by atoms with van der Waals surface area (Å²) in [5, 5.41) is 32.5. The SMILES string of the molecule is COc1cc(C2c3cc4c(cc3[C@@H](O[C@@H]3O[C@@H]5COC(C)O[C@H]5[C@H](O)C3O)[C@H]3COC(=O)[C@H]23)OCO4)cc(OC)c1O. The summed E-state index contributed by atoms with van der Waals surface area (Å²) in [5.41, 5.74) is 2.01. The summed E-state index contributed by atoms with van der Waals surface area (Å²) in [5.74, 6) is -1.02. The largest absolute Gasteiger partial charge is 0.502 e. The Labute approximate surface area is 240 Å². The molecule has 2 aromatic carbocycles. The molecule has 0 spiro atoms. The van der Waals surface area contributed by atoms with Gasteiger partial charge in [0.1, 0.15) is 24.4 Å². The number of ether oxygens (including phenoxy) is 9. The lowest BCUT2D eigenvalue weighted by Crippen LogP contribution is -2.63. The van der Waals surface area contributed by atoms with E-state index in [1.165, 1.54) is 14.2 Å². The van der Waals surface area contributed by atoms with Crippen molar-refractivity contribution in [3.63, 3.8) is 0 Å². The van der Waals surface area contributed by atoms with Crippen LogP contribution in [-0.4, -0.2) is 92.5 Å². The predicted octanol–water partition coefficient (Wildman–Crippen LogP) is 1.34. The predicted molar refractivity (Wildman–Crippen MR) is 138 cm³/mol. The fraction of sp³-hybridized carbons (Fsp3) is 0.552. The Bertz CT molecular complexity index is 1350. The minimum atomic E-state index is -1.44. The summed E-state index contributed by atoms with van der Waals surface area (Å²) < 4.78 is 51.5. The van der Waals surface area contributed by atoms with Gasteiger partial charge in [0.25, 0.3) is 0 Å². The van der Waals surface area contributed by atoms with Gasteiger partial charge in [0.2, 0.25) is 12.5 Å². The summed E-state index contributed by atoms with van der Waals surface area (Å²) in [6.45, 7) is 1.93. The van der Waals surface area contributed by atoms with E-state index in [4.69, 9.17) is 42.6 Å². The first-order valence-electron chi connectivity index (χ1n) is 13.8. The van der Waals surface area contributed by atoms with Crippen molar-refractivity contribution in [3.8, 4) is 28.7 Å². The Morgan fingerprint density at radius 3 is 2.26 bits per heavy atom. The number of carbonyl (C=O) groups is 1. The molecule has 1 aliphatic carbocycles. The topological polar surface area (TPSA) is 161 Å². The van der Waals surface area contributed by atoms with E-state index in [-0.39, 0.29) is 37.3 Å². The maximum Gasteiger partial charge on any atom is 0.310 e. The molecule has 42 heavy (non-hydrogen) atoms. The molecule has 13 nitrogen and oxygen atoms in total. The van der Waals surface area contributed by atoms with Gasteiger partial charge in [-0.15, -0.1) is 0 Å². The normalized spacial score (nSPS) is 36.5. The second kappa shape index (κ2) is 10.4. The second-order valence-corrected chi connectivity index (χ2v) is 11.0. The van der Waals surface area contributed by atoms with Gasteiger partial charge in [-0.05, 0) is 47.9 Å². The smallest absolute Gasteiger partial charge is 0.310 e. The summed E-state index contributed by atoms with van der Waals surface area (Å²) in [6, 6.07) is 6.93. The highest BCUT2D eigenvalue weighted by atomic mass is 16.8. The highest BCUT2D eigenvalue weighted by molar-refractivity contribution is 5.79. The lowest BCUT2D eigenvalue weighted by molar-refractivity contribution is -0.364. The van der Waals surface area contributed by atoms with Crippen LogP contribution >= 0.6 is 0 Å². The zero-order chi connectivity index (χ0) is 29.3. The molecule has 0 amide bonds.